The van der Waals surface area contributed by atoms with Gasteiger partial charge >= 0.3 is 0 Å². The number of rotatable bonds is 4. The van der Waals surface area contributed by atoms with Gasteiger partial charge in [-0.25, -0.2) is 0 Å². The van der Waals surface area contributed by atoms with E-state index in [9.17, 15) is 4.79 Å². The number of carbonyl (C=O) groups is 1. The van der Waals surface area contributed by atoms with Gasteiger partial charge in [-0.3, -0.25) is 4.79 Å². The molecule has 6 heteroatoms. The summed E-state index contributed by atoms with van der Waals surface area (Å²) < 4.78 is 0.761. The Morgan fingerprint density at radius 1 is 1.50 bits per heavy atom. The van der Waals surface area contributed by atoms with Gasteiger partial charge in [0.15, 0.2) is 0 Å². The molecule has 18 heavy (non-hydrogen) atoms. The molecule has 2 atom stereocenters. The fraction of sp³-hybridized carbons (Fsp3) is 0.583. The summed E-state index contributed by atoms with van der Waals surface area (Å²) in [6, 6.07) is 3.87. The van der Waals surface area contributed by atoms with Crippen molar-refractivity contribution in [1.29, 1.82) is 0 Å². The molecule has 1 aliphatic rings. The fourth-order valence-electron chi connectivity index (χ4n) is 1.86. The quantitative estimate of drug-likeness (QED) is 0.898. The van der Waals surface area contributed by atoms with E-state index < -0.39 is 0 Å². The van der Waals surface area contributed by atoms with Crippen LogP contribution in [-0.2, 0) is 4.79 Å². The minimum Gasteiger partial charge on any atom is -0.349 e. The highest BCUT2D eigenvalue weighted by Gasteiger charge is 2.29. The summed E-state index contributed by atoms with van der Waals surface area (Å²) in [6.45, 7) is 5.89. The van der Waals surface area contributed by atoms with Gasteiger partial charge in [-0.15, -0.1) is 23.7 Å². The maximum Gasteiger partial charge on any atom is 0.223 e. The average molecular weight is 309 g/mol. The second-order valence-corrected chi connectivity index (χ2v) is 6.33. The molecule has 3 nitrogen and oxygen atoms in total. The average Bonchev–Trinajstić information content (AvgIpc) is 2.62. The van der Waals surface area contributed by atoms with Crippen molar-refractivity contribution in [3.63, 3.8) is 0 Å². The van der Waals surface area contributed by atoms with Crippen LogP contribution in [0.5, 0.6) is 0 Å². The van der Waals surface area contributed by atoms with Gasteiger partial charge in [0, 0.05) is 10.8 Å². The Balaban J connectivity index is 0.00000162. The first-order valence-electron chi connectivity index (χ1n) is 5.84. The lowest BCUT2D eigenvalue weighted by atomic mass is 9.88. The lowest BCUT2D eigenvalue weighted by Gasteiger charge is -2.32. The minimum absolute atomic E-state index is 0. The first-order valence-corrected chi connectivity index (χ1v) is 7.03. The molecule has 1 fully saturated rings. The normalized spacial score (nSPS) is 18.4. The summed E-state index contributed by atoms with van der Waals surface area (Å²) >= 11 is 7.40. The molecular weight excluding hydrogens is 291 g/mol. The Morgan fingerprint density at radius 2 is 2.17 bits per heavy atom. The van der Waals surface area contributed by atoms with Crippen molar-refractivity contribution in [1.82, 2.24) is 10.6 Å². The predicted molar refractivity (Wildman–Crippen MR) is 78.7 cm³/mol. The van der Waals surface area contributed by atoms with Crippen LogP contribution in [0.3, 0.4) is 0 Å². The lowest BCUT2D eigenvalue weighted by molar-refractivity contribution is -0.127. The highest BCUT2D eigenvalue weighted by Crippen LogP contribution is 2.27. The molecule has 102 valence electrons. The van der Waals surface area contributed by atoms with Gasteiger partial charge < -0.3 is 10.6 Å². The van der Waals surface area contributed by atoms with Crippen molar-refractivity contribution in [3.05, 3.63) is 21.3 Å². The monoisotopic (exact) mass is 308 g/mol. The molecule has 0 bridgehead atoms. The molecule has 1 amide bonds. The van der Waals surface area contributed by atoms with E-state index in [1.807, 2.05) is 26.0 Å². The van der Waals surface area contributed by atoms with Crippen molar-refractivity contribution in [2.45, 2.75) is 19.9 Å². The molecule has 1 saturated heterocycles. The zero-order valence-corrected chi connectivity index (χ0v) is 12.8. The molecule has 1 aromatic rings. The number of hydrogen-bond acceptors (Lipinski definition) is 3. The van der Waals surface area contributed by atoms with Crippen molar-refractivity contribution >= 4 is 41.3 Å². The Hall–Kier alpha value is -0.290. The maximum absolute atomic E-state index is 12.0. The van der Waals surface area contributed by atoms with Crippen LogP contribution >= 0.6 is 35.3 Å². The van der Waals surface area contributed by atoms with Gasteiger partial charge in [-0.05, 0) is 38.1 Å². The molecule has 1 aliphatic heterocycles. The van der Waals surface area contributed by atoms with Gasteiger partial charge in [0.25, 0.3) is 0 Å². The maximum atomic E-state index is 12.0. The Morgan fingerprint density at radius 3 is 2.61 bits per heavy atom. The summed E-state index contributed by atoms with van der Waals surface area (Å²) in [7, 11) is 0. The first kappa shape index (κ1) is 15.8. The van der Waals surface area contributed by atoms with Crippen LogP contribution in [0.15, 0.2) is 12.1 Å². The zero-order valence-electron chi connectivity index (χ0n) is 10.4. The molecule has 2 N–H and O–H groups in total. The summed E-state index contributed by atoms with van der Waals surface area (Å²) in [5, 5.41) is 6.23. The molecular formula is C12H18Cl2N2OS. The van der Waals surface area contributed by atoms with Crippen molar-refractivity contribution in [2.24, 2.45) is 11.8 Å². The molecule has 1 aromatic heterocycles. The van der Waals surface area contributed by atoms with E-state index in [0.29, 0.717) is 5.92 Å². The van der Waals surface area contributed by atoms with E-state index in [1.165, 1.54) is 11.3 Å². The van der Waals surface area contributed by atoms with Crippen LogP contribution in [0.4, 0.5) is 0 Å². The molecule has 2 rings (SSSR count). The van der Waals surface area contributed by atoms with Crippen LogP contribution in [0.2, 0.25) is 4.34 Å². The molecule has 0 aromatic carbocycles. The Labute approximate surface area is 123 Å². The van der Waals surface area contributed by atoms with Crippen molar-refractivity contribution in [2.75, 3.05) is 13.1 Å². The van der Waals surface area contributed by atoms with E-state index in [-0.39, 0.29) is 30.3 Å². The molecule has 2 unspecified atom stereocenters. The Bertz CT molecular complexity index is 407. The van der Waals surface area contributed by atoms with Crippen LogP contribution in [0, 0.1) is 11.8 Å². The largest absolute Gasteiger partial charge is 0.349 e. The summed E-state index contributed by atoms with van der Waals surface area (Å²) in [5.74, 6) is 0.691. The summed E-state index contributed by atoms with van der Waals surface area (Å²) in [5.41, 5.74) is 0. The number of nitrogens with one attached hydrogen (secondary N) is 2. The van der Waals surface area contributed by atoms with Gasteiger partial charge in [0.05, 0.1) is 10.4 Å². The van der Waals surface area contributed by atoms with E-state index >= 15 is 0 Å². The standard InChI is InChI=1S/C12H17ClN2OS.ClH/c1-7(9-5-14-6-9)12(16)15-8(2)10-3-4-11(13)17-10;/h3-4,7-9,14H,5-6H2,1-2H3,(H,15,16);1H. The van der Waals surface area contributed by atoms with E-state index in [4.69, 9.17) is 11.6 Å². The highest BCUT2D eigenvalue weighted by molar-refractivity contribution is 7.16. The predicted octanol–water partition coefficient (Wildman–Crippen LogP) is 2.86. The second kappa shape index (κ2) is 6.75. The van der Waals surface area contributed by atoms with Crippen molar-refractivity contribution in [3.8, 4) is 0 Å². The molecule has 0 spiro atoms. The summed E-state index contributed by atoms with van der Waals surface area (Å²) in [4.78, 5) is 13.1. The second-order valence-electron chi connectivity index (χ2n) is 4.58. The topological polar surface area (TPSA) is 41.1 Å². The van der Waals surface area contributed by atoms with Crippen LogP contribution in [0.1, 0.15) is 24.8 Å². The van der Waals surface area contributed by atoms with E-state index in [2.05, 4.69) is 10.6 Å². The molecule has 0 saturated carbocycles. The van der Waals surface area contributed by atoms with Crippen LogP contribution in [-0.4, -0.2) is 19.0 Å². The first-order chi connectivity index (χ1) is 8.08. The van der Waals surface area contributed by atoms with E-state index in [1.54, 1.807) is 0 Å². The third-order valence-electron chi connectivity index (χ3n) is 3.31. The smallest absolute Gasteiger partial charge is 0.223 e. The van der Waals surface area contributed by atoms with Crippen LogP contribution in [0.25, 0.3) is 0 Å². The number of halogens is 2. The Kier molecular flexibility index (Phi) is 5.92. The summed E-state index contributed by atoms with van der Waals surface area (Å²) in [6.07, 6.45) is 0. The van der Waals surface area contributed by atoms with Gasteiger partial charge in [-0.1, -0.05) is 18.5 Å². The number of thiophene rings is 1. The number of hydrogen-bond donors (Lipinski definition) is 2. The fourth-order valence-corrected chi connectivity index (χ4v) is 2.92. The SMILES string of the molecule is CC(NC(=O)C(C)C1CNC1)c1ccc(Cl)s1.Cl. The van der Waals surface area contributed by atoms with Crippen LogP contribution < -0.4 is 10.6 Å². The van der Waals surface area contributed by atoms with Crippen molar-refractivity contribution < 1.29 is 4.79 Å². The highest BCUT2D eigenvalue weighted by atomic mass is 35.5. The number of amides is 1. The molecule has 0 aliphatic carbocycles. The molecule has 2 heterocycles. The minimum atomic E-state index is 0. The third-order valence-corrected chi connectivity index (χ3v) is 4.73. The molecule has 0 radical (unpaired) electrons. The van der Waals surface area contributed by atoms with Gasteiger partial charge in [0.2, 0.25) is 5.91 Å². The van der Waals surface area contributed by atoms with Gasteiger partial charge in [-0.2, -0.15) is 0 Å². The van der Waals surface area contributed by atoms with E-state index in [0.717, 1.165) is 22.3 Å². The lowest BCUT2D eigenvalue weighted by Crippen LogP contribution is -2.49. The number of carbonyl (C=O) groups excluding carboxylic acids is 1. The van der Waals surface area contributed by atoms with Gasteiger partial charge in [0.1, 0.15) is 0 Å². The third kappa shape index (κ3) is 3.60. The zero-order chi connectivity index (χ0) is 12.4.